The van der Waals surface area contributed by atoms with E-state index in [1.165, 1.54) is 19.1 Å². The Morgan fingerprint density at radius 1 is 1.35 bits per heavy atom. The zero-order chi connectivity index (χ0) is 18.8. The fraction of sp³-hybridized carbons (Fsp3) is 0.737. The van der Waals surface area contributed by atoms with Gasteiger partial charge in [0.1, 0.15) is 6.26 Å². The maximum absolute atomic E-state index is 13.0. The van der Waals surface area contributed by atoms with Crippen molar-refractivity contribution in [3.8, 4) is 0 Å². The van der Waals surface area contributed by atoms with E-state index in [0.29, 0.717) is 12.4 Å². The summed E-state index contributed by atoms with van der Waals surface area (Å²) in [6.07, 6.45) is 7.65. The molecule has 1 N–H and O–H groups in total. The smallest absolute Gasteiger partial charge is 0.245 e. The average molecular weight is 364 g/mol. The average Bonchev–Trinajstić information content (AvgIpc) is 3.32. The van der Waals surface area contributed by atoms with E-state index >= 15 is 0 Å². The molecule has 26 heavy (non-hydrogen) atoms. The van der Waals surface area contributed by atoms with E-state index in [2.05, 4.69) is 22.3 Å². The molecule has 1 atom stereocenters. The molecule has 7 heteroatoms. The summed E-state index contributed by atoms with van der Waals surface area (Å²) in [6.45, 7) is 7.82. The summed E-state index contributed by atoms with van der Waals surface area (Å²) >= 11 is 0. The van der Waals surface area contributed by atoms with E-state index in [4.69, 9.17) is 4.52 Å². The normalized spacial score (nSPS) is 15.8. The molecule has 2 heterocycles. The molecule has 2 amide bonds. The van der Waals surface area contributed by atoms with Crippen molar-refractivity contribution in [2.45, 2.75) is 52.4 Å². The monoisotopic (exact) mass is 364 g/mol. The number of nitrogens with one attached hydrogen (secondary N) is 1. The molecule has 1 aromatic heterocycles. The lowest BCUT2D eigenvalue weighted by Crippen LogP contribution is -2.44. The molecule has 1 unspecified atom stereocenters. The van der Waals surface area contributed by atoms with Crippen LogP contribution in [0.5, 0.6) is 0 Å². The molecule has 146 valence electrons. The van der Waals surface area contributed by atoms with Gasteiger partial charge in [0, 0.05) is 25.1 Å². The number of anilines is 1. The summed E-state index contributed by atoms with van der Waals surface area (Å²) in [5, 5.41) is 6.37. The molecular formula is C19H32N4O3. The predicted molar refractivity (Wildman–Crippen MR) is 101 cm³/mol. The Kier molecular flexibility index (Phi) is 8.61. The second-order valence-corrected chi connectivity index (χ2v) is 6.99. The first-order valence-corrected chi connectivity index (χ1v) is 9.85. The minimum absolute atomic E-state index is 0.00613. The van der Waals surface area contributed by atoms with Gasteiger partial charge in [-0.15, -0.1) is 0 Å². The summed E-state index contributed by atoms with van der Waals surface area (Å²) in [7, 11) is 0. The van der Waals surface area contributed by atoms with Crippen molar-refractivity contribution in [3.63, 3.8) is 0 Å². The molecule has 1 saturated heterocycles. The van der Waals surface area contributed by atoms with Gasteiger partial charge in [0.2, 0.25) is 11.8 Å². The molecule has 0 saturated carbocycles. The summed E-state index contributed by atoms with van der Waals surface area (Å²) < 4.78 is 4.73. The van der Waals surface area contributed by atoms with Crippen LogP contribution in [0.25, 0.3) is 0 Å². The van der Waals surface area contributed by atoms with Gasteiger partial charge in [0.05, 0.1) is 6.54 Å². The van der Waals surface area contributed by atoms with Gasteiger partial charge in [-0.25, -0.2) is 0 Å². The molecule has 7 nitrogen and oxygen atoms in total. The zero-order valence-corrected chi connectivity index (χ0v) is 16.1. The topological polar surface area (TPSA) is 78.7 Å². The first-order valence-electron chi connectivity index (χ1n) is 9.85. The zero-order valence-electron chi connectivity index (χ0n) is 16.1. The van der Waals surface area contributed by atoms with Crippen LogP contribution in [0, 0.1) is 5.92 Å². The van der Waals surface area contributed by atoms with Gasteiger partial charge >= 0.3 is 0 Å². The molecular weight excluding hydrogens is 332 g/mol. The van der Waals surface area contributed by atoms with Gasteiger partial charge in [-0.05, 0) is 38.8 Å². The van der Waals surface area contributed by atoms with Crippen LogP contribution in [0.1, 0.15) is 52.4 Å². The van der Waals surface area contributed by atoms with Gasteiger partial charge in [-0.1, -0.05) is 31.8 Å². The van der Waals surface area contributed by atoms with E-state index in [9.17, 15) is 9.59 Å². The van der Waals surface area contributed by atoms with Gasteiger partial charge in [0.15, 0.2) is 5.82 Å². The fourth-order valence-electron chi connectivity index (χ4n) is 3.38. The van der Waals surface area contributed by atoms with Crippen molar-refractivity contribution in [3.05, 3.63) is 12.3 Å². The molecule has 1 aliphatic rings. The lowest BCUT2D eigenvalue weighted by atomic mass is 9.97. The Morgan fingerprint density at radius 3 is 2.73 bits per heavy atom. The van der Waals surface area contributed by atoms with Crippen LogP contribution in [-0.4, -0.2) is 59.5 Å². The standard InChI is InChI=1S/C19H32N4O3/c1-3-5-8-16(4-2)19(25)23(13-12-22-10-6-7-11-22)15-18(24)20-17-9-14-26-21-17/h9,14,16H,3-8,10-13,15H2,1-2H3,(H,20,21,24). The largest absolute Gasteiger partial charge is 0.363 e. The highest BCUT2D eigenvalue weighted by Gasteiger charge is 2.25. The molecule has 0 aromatic carbocycles. The van der Waals surface area contributed by atoms with E-state index in [-0.39, 0.29) is 24.3 Å². The number of amides is 2. The second kappa shape index (κ2) is 11.0. The van der Waals surface area contributed by atoms with Crippen molar-refractivity contribution in [1.29, 1.82) is 0 Å². The number of rotatable bonds is 11. The van der Waals surface area contributed by atoms with E-state index in [1.807, 2.05) is 6.92 Å². The molecule has 2 rings (SSSR count). The van der Waals surface area contributed by atoms with Crippen LogP contribution >= 0.6 is 0 Å². The molecule has 1 aromatic rings. The molecule has 0 bridgehead atoms. The van der Waals surface area contributed by atoms with Gasteiger partial charge in [0.25, 0.3) is 0 Å². The minimum Gasteiger partial charge on any atom is -0.363 e. The quantitative estimate of drug-likeness (QED) is 0.653. The summed E-state index contributed by atoms with van der Waals surface area (Å²) in [5.74, 6) is 0.225. The minimum atomic E-state index is -0.237. The summed E-state index contributed by atoms with van der Waals surface area (Å²) in [5.41, 5.74) is 0. The van der Waals surface area contributed by atoms with Crippen LogP contribution in [0.15, 0.2) is 16.9 Å². The Hall–Kier alpha value is -1.89. The number of carbonyl (C=O) groups excluding carboxylic acids is 2. The summed E-state index contributed by atoms with van der Waals surface area (Å²) in [4.78, 5) is 29.4. The van der Waals surface area contributed by atoms with Crippen molar-refractivity contribution in [1.82, 2.24) is 15.0 Å². The van der Waals surface area contributed by atoms with Crippen molar-refractivity contribution >= 4 is 17.6 Å². The fourth-order valence-corrected chi connectivity index (χ4v) is 3.38. The second-order valence-electron chi connectivity index (χ2n) is 6.99. The number of carbonyl (C=O) groups is 2. The highest BCUT2D eigenvalue weighted by molar-refractivity contribution is 5.94. The third kappa shape index (κ3) is 6.44. The van der Waals surface area contributed by atoms with Crippen molar-refractivity contribution in [2.24, 2.45) is 5.92 Å². The summed E-state index contributed by atoms with van der Waals surface area (Å²) in [6, 6.07) is 1.59. The highest BCUT2D eigenvalue weighted by atomic mass is 16.5. The lowest BCUT2D eigenvalue weighted by molar-refractivity contribution is -0.139. The first-order chi connectivity index (χ1) is 12.6. The van der Waals surface area contributed by atoms with Gasteiger partial charge < -0.3 is 19.6 Å². The van der Waals surface area contributed by atoms with Crippen molar-refractivity contribution in [2.75, 3.05) is 38.0 Å². The van der Waals surface area contributed by atoms with E-state index in [0.717, 1.165) is 45.3 Å². The SMILES string of the molecule is CCCCC(CC)C(=O)N(CCN1CCCC1)CC(=O)Nc1ccon1. The first kappa shape index (κ1) is 20.4. The van der Waals surface area contributed by atoms with Crippen LogP contribution in [-0.2, 0) is 9.59 Å². The Balaban J connectivity index is 1.96. The number of hydrogen-bond acceptors (Lipinski definition) is 5. The van der Waals surface area contributed by atoms with Crippen molar-refractivity contribution < 1.29 is 14.1 Å². The van der Waals surface area contributed by atoms with Crippen LogP contribution in [0.4, 0.5) is 5.82 Å². The molecule has 0 radical (unpaired) electrons. The number of nitrogens with zero attached hydrogens (tertiary/aromatic N) is 3. The Bertz CT molecular complexity index is 541. The van der Waals surface area contributed by atoms with E-state index < -0.39 is 0 Å². The predicted octanol–water partition coefficient (Wildman–Crippen LogP) is 2.75. The van der Waals surface area contributed by atoms with Crippen LogP contribution in [0.3, 0.4) is 0 Å². The van der Waals surface area contributed by atoms with Crippen LogP contribution in [0.2, 0.25) is 0 Å². The third-order valence-electron chi connectivity index (χ3n) is 4.98. The maximum atomic E-state index is 13.0. The van der Waals surface area contributed by atoms with E-state index in [1.54, 1.807) is 11.0 Å². The molecule has 1 aliphatic heterocycles. The third-order valence-corrected chi connectivity index (χ3v) is 4.98. The molecule has 0 spiro atoms. The lowest BCUT2D eigenvalue weighted by Gasteiger charge is -2.28. The number of likely N-dealkylation sites (tertiary alicyclic amines) is 1. The van der Waals surface area contributed by atoms with Crippen LogP contribution < -0.4 is 5.32 Å². The molecule has 1 fully saturated rings. The Morgan fingerprint density at radius 2 is 2.12 bits per heavy atom. The van der Waals surface area contributed by atoms with Gasteiger partial charge in [-0.2, -0.15) is 0 Å². The number of hydrogen-bond donors (Lipinski definition) is 1. The number of unbranched alkanes of at least 4 members (excludes halogenated alkanes) is 1. The van der Waals surface area contributed by atoms with Gasteiger partial charge in [-0.3, -0.25) is 9.59 Å². The number of aromatic nitrogens is 1. The molecule has 0 aliphatic carbocycles. The maximum Gasteiger partial charge on any atom is 0.245 e. The highest BCUT2D eigenvalue weighted by Crippen LogP contribution is 2.17. The Labute approximate surface area is 156 Å².